The van der Waals surface area contributed by atoms with E-state index in [0.717, 1.165) is 19.3 Å². The van der Waals surface area contributed by atoms with Crippen LogP contribution in [0.25, 0.3) is 0 Å². The molecule has 0 spiro atoms. The van der Waals surface area contributed by atoms with Crippen LogP contribution in [-0.2, 0) is 4.79 Å². The number of carbonyl (C=O) groups is 1. The van der Waals surface area contributed by atoms with Crippen molar-refractivity contribution in [3.8, 4) is 0 Å². The normalized spacial score (nSPS) is 14.5. The van der Waals surface area contributed by atoms with E-state index in [4.69, 9.17) is 0 Å². The lowest BCUT2D eigenvalue weighted by Gasteiger charge is -2.40. The van der Waals surface area contributed by atoms with Gasteiger partial charge in [-0.05, 0) is 6.42 Å². The monoisotopic (exact) mass is 329 g/mol. The van der Waals surface area contributed by atoms with E-state index in [1.807, 2.05) is 21.0 Å². The number of aliphatic hydroxyl groups excluding tert-OH is 1. The molecule has 138 valence electrons. The van der Waals surface area contributed by atoms with E-state index in [1.54, 1.807) is 6.92 Å². The zero-order chi connectivity index (χ0) is 17.7. The average Bonchev–Trinajstić information content (AvgIpc) is 2.50. The molecule has 0 radical (unpaired) electrons. The molecule has 2 N–H and O–H groups in total. The summed E-state index contributed by atoms with van der Waals surface area (Å²) in [5.74, 6) is 0.117. The van der Waals surface area contributed by atoms with Crippen molar-refractivity contribution >= 4 is 5.91 Å². The fraction of sp³-hybridized carbons (Fsp3) is 0.947. The van der Waals surface area contributed by atoms with E-state index < -0.39 is 6.23 Å². The number of unbranched alkanes of at least 4 members (excludes halogenated alkanes) is 8. The van der Waals surface area contributed by atoms with Crippen molar-refractivity contribution in [3.63, 3.8) is 0 Å². The zero-order valence-corrected chi connectivity index (χ0v) is 16.2. The molecule has 1 amide bonds. The minimum atomic E-state index is -0.493. The van der Waals surface area contributed by atoms with E-state index in [1.165, 1.54) is 44.9 Å². The lowest BCUT2D eigenvalue weighted by molar-refractivity contribution is -0.959. The Kier molecular flexibility index (Phi) is 12.4. The highest BCUT2D eigenvalue weighted by Gasteiger charge is 2.32. The van der Waals surface area contributed by atoms with Crippen molar-refractivity contribution in [3.05, 3.63) is 0 Å². The Morgan fingerprint density at radius 2 is 1.43 bits per heavy atom. The fourth-order valence-corrected chi connectivity index (χ4v) is 2.85. The lowest BCUT2D eigenvalue weighted by Crippen LogP contribution is -2.61. The molecule has 0 aliphatic rings. The van der Waals surface area contributed by atoms with Crippen LogP contribution in [-0.4, -0.2) is 42.0 Å². The van der Waals surface area contributed by atoms with Gasteiger partial charge in [-0.15, -0.1) is 0 Å². The second-order valence-corrected chi connectivity index (χ2v) is 7.33. The third kappa shape index (κ3) is 9.98. The Morgan fingerprint density at radius 3 is 1.87 bits per heavy atom. The van der Waals surface area contributed by atoms with Crippen LogP contribution in [0, 0.1) is 0 Å². The van der Waals surface area contributed by atoms with Gasteiger partial charge in [0.25, 0.3) is 0 Å². The van der Waals surface area contributed by atoms with Crippen molar-refractivity contribution in [2.75, 3.05) is 14.1 Å². The molecule has 4 heteroatoms. The number of carbonyl (C=O) groups excluding carboxylic acids is 1. The van der Waals surface area contributed by atoms with Crippen LogP contribution in [0.5, 0.6) is 0 Å². The van der Waals surface area contributed by atoms with Gasteiger partial charge in [0, 0.05) is 19.8 Å². The van der Waals surface area contributed by atoms with Gasteiger partial charge in [0.2, 0.25) is 5.91 Å². The molecule has 0 aromatic carbocycles. The molecular weight excluding hydrogens is 288 g/mol. The first-order valence-electron chi connectivity index (χ1n) is 9.67. The van der Waals surface area contributed by atoms with Crippen LogP contribution >= 0.6 is 0 Å². The molecule has 0 aliphatic heterocycles. The molecule has 0 fully saturated rings. The molecule has 2 unspecified atom stereocenters. The van der Waals surface area contributed by atoms with Gasteiger partial charge in [-0.3, -0.25) is 9.28 Å². The molecule has 0 aromatic heterocycles. The summed E-state index contributed by atoms with van der Waals surface area (Å²) < 4.78 is 0.403. The van der Waals surface area contributed by atoms with E-state index >= 15 is 0 Å². The fourth-order valence-electron chi connectivity index (χ4n) is 2.85. The summed E-state index contributed by atoms with van der Waals surface area (Å²) in [6, 6.07) is 0. The minimum absolute atomic E-state index is 0.0268. The summed E-state index contributed by atoms with van der Waals surface area (Å²) in [5, 5.41) is 13.0. The van der Waals surface area contributed by atoms with Crippen molar-refractivity contribution in [1.29, 1.82) is 0 Å². The summed E-state index contributed by atoms with van der Waals surface area (Å²) in [4.78, 5) is 12.1. The third-order valence-corrected chi connectivity index (χ3v) is 4.99. The number of rotatable bonds is 14. The molecule has 0 rings (SSSR count). The highest BCUT2D eigenvalue weighted by atomic mass is 16.3. The highest BCUT2D eigenvalue weighted by Crippen LogP contribution is 2.13. The van der Waals surface area contributed by atoms with E-state index in [9.17, 15) is 9.90 Å². The van der Waals surface area contributed by atoms with Gasteiger partial charge >= 0.3 is 0 Å². The first kappa shape index (κ1) is 22.4. The number of amides is 1. The van der Waals surface area contributed by atoms with E-state index in [-0.39, 0.29) is 12.1 Å². The number of nitrogens with zero attached hydrogens (tertiary/aromatic N) is 1. The van der Waals surface area contributed by atoms with Gasteiger partial charge in [-0.2, -0.15) is 0 Å². The largest absolute Gasteiger partial charge is 0.345 e. The molecule has 23 heavy (non-hydrogen) atoms. The Hall–Kier alpha value is -0.610. The molecule has 0 aliphatic carbocycles. The van der Waals surface area contributed by atoms with Crippen LogP contribution in [0.15, 0.2) is 0 Å². The molecule has 0 bridgehead atoms. The van der Waals surface area contributed by atoms with Gasteiger partial charge in [-0.25, -0.2) is 0 Å². The summed E-state index contributed by atoms with van der Waals surface area (Å²) in [5.41, 5.74) is 0. The maximum Gasteiger partial charge on any atom is 0.224 e. The van der Waals surface area contributed by atoms with Crippen molar-refractivity contribution in [2.24, 2.45) is 0 Å². The highest BCUT2D eigenvalue weighted by molar-refractivity contribution is 5.75. The molecule has 0 heterocycles. The minimum Gasteiger partial charge on any atom is -0.345 e. The average molecular weight is 330 g/mol. The van der Waals surface area contributed by atoms with Crippen molar-refractivity contribution < 1.29 is 14.4 Å². The molecule has 0 aromatic rings. The lowest BCUT2D eigenvalue weighted by atomic mass is 10.1. The van der Waals surface area contributed by atoms with Crippen LogP contribution in [0.4, 0.5) is 0 Å². The zero-order valence-electron chi connectivity index (χ0n) is 16.2. The standard InChI is InChI=1S/C19H40N2O2/c1-6-8-9-10-11-12-13-14-15-16-19(23)20-18(7-2)21(4,5)17(3)22/h17-18,22H,6-16H2,1-5H3/p+1. The molecule has 4 nitrogen and oxygen atoms in total. The Bertz CT molecular complexity index is 304. The smallest absolute Gasteiger partial charge is 0.224 e. The molecule has 2 atom stereocenters. The number of hydrogen-bond donors (Lipinski definition) is 2. The van der Waals surface area contributed by atoms with Crippen LogP contribution in [0.2, 0.25) is 0 Å². The Balaban J connectivity index is 3.78. The molecular formula is C19H41N2O2+. The van der Waals surface area contributed by atoms with Crippen LogP contribution in [0.1, 0.15) is 91.4 Å². The Morgan fingerprint density at radius 1 is 0.957 bits per heavy atom. The first-order chi connectivity index (χ1) is 10.9. The van der Waals surface area contributed by atoms with E-state index in [0.29, 0.717) is 10.9 Å². The summed E-state index contributed by atoms with van der Waals surface area (Å²) in [7, 11) is 3.91. The maximum absolute atomic E-state index is 12.1. The number of quaternary nitrogens is 1. The van der Waals surface area contributed by atoms with Gasteiger partial charge < -0.3 is 10.4 Å². The number of hydrogen-bond acceptors (Lipinski definition) is 2. The summed E-state index contributed by atoms with van der Waals surface area (Å²) in [6.07, 6.45) is 12.3. The predicted octanol–water partition coefficient (Wildman–Crippen LogP) is 4.17. The summed E-state index contributed by atoms with van der Waals surface area (Å²) >= 11 is 0. The SMILES string of the molecule is CCCCCCCCCCCC(=O)NC(CC)[N+](C)(C)C(C)O. The van der Waals surface area contributed by atoms with Gasteiger partial charge in [0.1, 0.15) is 0 Å². The second-order valence-electron chi connectivity index (χ2n) is 7.33. The quantitative estimate of drug-likeness (QED) is 0.285. The molecule has 0 saturated carbocycles. The topological polar surface area (TPSA) is 49.3 Å². The van der Waals surface area contributed by atoms with Crippen molar-refractivity contribution in [2.45, 2.75) is 104 Å². The van der Waals surface area contributed by atoms with E-state index in [2.05, 4.69) is 12.2 Å². The van der Waals surface area contributed by atoms with Gasteiger partial charge in [-0.1, -0.05) is 65.2 Å². The van der Waals surface area contributed by atoms with Gasteiger partial charge in [0.15, 0.2) is 12.4 Å². The van der Waals surface area contributed by atoms with Crippen LogP contribution < -0.4 is 5.32 Å². The number of nitrogens with one attached hydrogen (secondary N) is 1. The first-order valence-corrected chi connectivity index (χ1v) is 9.67. The molecule has 0 saturated heterocycles. The second kappa shape index (κ2) is 12.8. The Labute approximate surface area is 144 Å². The third-order valence-electron chi connectivity index (χ3n) is 4.99. The summed E-state index contributed by atoms with van der Waals surface area (Å²) in [6.45, 7) is 6.07. The van der Waals surface area contributed by atoms with Gasteiger partial charge in [0.05, 0.1) is 14.1 Å². The number of aliphatic hydroxyl groups is 1. The van der Waals surface area contributed by atoms with Crippen molar-refractivity contribution in [1.82, 2.24) is 5.32 Å². The predicted molar refractivity (Wildman–Crippen MR) is 97.9 cm³/mol. The maximum atomic E-state index is 12.1. The van der Waals surface area contributed by atoms with Crippen LogP contribution in [0.3, 0.4) is 0 Å².